The van der Waals surface area contributed by atoms with Crippen LogP contribution in [-0.2, 0) is 23.5 Å². The van der Waals surface area contributed by atoms with E-state index in [-0.39, 0.29) is 6.01 Å². The first-order valence-corrected chi connectivity index (χ1v) is 9.72. The third-order valence-electron chi connectivity index (χ3n) is 4.85. The third kappa shape index (κ3) is 4.81. The summed E-state index contributed by atoms with van der Waals surface area (Å²) in [5, 5.41) is 11.3. The number of aliphatic hydroxyl groups is 1. The molecule has 1 aliphatic rings. The average molecular weight is 391 g/mol. The lowest BCUT2D eigenvalue weighted by molar-refractivity contribution is -0.0316. The van der Waals surface area contributed by atoms with Gasteiger partial charge in [-0.3, -0.25) is 4.90 Å². The second-order valence-corrected chi connectivity index (χ2v) is 6.85. The van der Waals surface area contributed by atoms with Crippen molar-refractivity contribution in [3.63, 3.8) is 0 Å². The average Bonchev–Trinajstić information content (AvgIpc) is 3.12. The smallest absolute Gasteiger partial charge is 0.319 e. The van der Waals surface area contributed by atoms with Crippen molar-refractivity contribution in [2.75, 3.05) is 33.4 Å². The van der Waals surface area contributed by atoms with Crippen LogP contribution in [0.25, 0.3) is 0 Å². The van der Waals surface area contributed by atoms with Crippen molar-refractivity contribution in [2.45, 2.75) is 45.4 Å². The highest BCUT2D eigenvalue weighted by Gasteiger charge is 2.37. The van der Waals surface area contributed by atoms with Gasteiger partial charge < -0.3 is 23.7 Å². The Morgan fingerprint density at radius 3 is 2.54 bits per heavy atom. The van der Waals surface area contributed by atoms with Gasteiger partial charge in [-0.1, -0.05) is 0 Å². The molecule has 8 nitrogen and oxygen atoms in total. The Kier molecular flexibility index (Phi) is 6.88. The van der Waals surface area contributed by atoms with Gasteiger partial charge >= 0.3 is 6.01 Å². The quantitative estimate of drug-likeness (QED) is 0.697. The van der Waals surface area contributed by atoms with E-state index >= 15 is 0 Å². The van der Waals surface area contributed by atoms with Crippen molar-refractivity contribution in [1.29, 1.82) is 0 Å². The lowest BCUT2D eigenvalue weighted by Crippen LogP contribution is -2.42. The Balaban J connectivity index is 1.66. The highest BCUT2D eigenvalue weighted by atomic mass is 16.5. The minimum atomic E-state index is -1.02. The Morgan fingerprint density at radius 2 is 1.86 bits per heavy atom. The molecule has 0 spiro atoms. The fourth-order valence-electron chi connectivity index (χ4n) is 3.41. The van der Waals surface area contributed by atoms with Crippen LogP contribution in [0, 0.1) is 0 Å². The van der Waals surface area contributed by atoms with Crippen LogP contribution in [-0.4, -0.2) is 53.4 Å². The molecule has 8 heteroatoms. The van der Waals surface area contributed by atoms with Crippen LogP contribution in [0.2, 0.25) is 0 Å². The van der Waals surface area contributed by atoms with Crippen LogP contribution < -0.4 is 9.47 Å². The van der Waals surface area contributed by atoms with Gasteiger partial charge in [-0.05, 0) is 38.8 Å². The van der Waals surface area contributed by atoms with E-state index in [2.05, 4.69) is 14.9 Å². The maximum atomic E-state index is 11.3. The van der Waals surface area contributed by atoms with E-state index in [9.17, 15) is 5.11 Å². The minimum absolute atomic E-state index is 0.264. The van der Waals surface area contributed by atoms with Crippen molar-refractivity contribution in [1.82, 2.24) is 14.9 Å². The number of piperidine rings is 1. The Morgan fingerprint density at radius 1 is 1.14 bits per heavy atom. The minimum Gasteiger partial charge on any atom is -0.478 e. The predicted octanol–water partition coefficient (Wildman–Crippen LogP) is 2.50. The Bertz CT molecular complexity index is 756. The second-order valence-electron chi connectivity index (χ2n) is 6.85. The first-order chi connectivity index (χ1) is 13.6. The fourth-order valence-corrected chi connectivity index (χ4v) is 3.41. The van der Waals surface area contributed by atoms with Crippen molar-refractivity contribution in [3.8, 4) is 11.9 Å². The van der Waals surface area contributed by atoms with Crippen LogP contribution in [0.15, 0.2) is 22.7 Å². The molecule has 1 fully saturated rings. The van der Waals surface area contributed by atoms with Gasteiger partial charge in [0, 0.05) is 26.4 Å². The standard InChI is InChI=1S/C20H29N3O5/c1-4-26-18-17(12-21-19(22-18)27-5-2)20(24)8-10-23(11-9-20)13-15-6-7-16(28-15)14-25-3/h6-7,12,24H,4-5,8-11,13-14H2,1-3H3. The molecule has 0 saturated carbocycles. The molecule has 0 amide bonds. The molecule has 2 aromatic heterocycles. The van der Waals surface area contributed by atoms with E-state index in [0.29, 0.717) is 50.7 Å². The van der Waals surface area contributed by atoms with Crippen LogP contribution in [0.5, 0.6) is 11.9 Å². The van der Waals surface area contributed by atoms with Gasteiger partial charge in [0.15, 0.2) is 0 Å². The Labute approximate surface area is 165 Å². The molecule has 0 bridgehead atoms. The molecule has 0 aromatic carbocycles. The summed E-state index contributed by atoms with van der Waals surface area (Å²) >= 11 is 0. The number of methoxy groups -OCH3 is 1. The molecule has 28 heavy (non-hydrogen) atoms. The van der Waals surface area contributed by atoms with Gasteiger partial charge in [0.05, 0.1) is 30.9 Å². The van der Waals surface area contributed by atoms with Gasteiger partial charge in [0.2, 0.25) is 5.88 Å². The van der Waals surface area contributed by atoms with E-state index in [1.54, 1.807) is 13.3 Å². The maximum Gasteiger partial charge on any atom is 0.319 e. The van der Waals surface area contributed by atoms with E-state index in [1.807, 2.05) is 26.0 Å². The maximum absolute atomic E-state index is 11.3. The first-order valence-electron chi connectivity index (χ1n) is 9.72. The summed E-state index contributed by atoms with van der Waals surface area (Å²) in [5.74, 6) is 2.11. The molecular weight excluding hydrogens is 362 g/mol. The molecule has 154 valence electrons. The number of ether oxygens (including phenoxy) is 3. The second kappa shape index (κ2) is 9.36. The summed E-state index contributed by atoms with van der Waals surface area (Å²) in [7, 11) is 1.65. The molecule has 0 atom stereocenters. The molecule has 2 aromatic rings. The van der Waals surface area contributed by atoms with Crippen molar-refractivity contribution in [2.24, 2.45) is 0 Å². The zero-order chi connectivity index (χ0) is 20.0. The van der Waals surface area contributed by atoms with E-state index < -0.39 is 5.60 Å². The van der Waals surface area contributed by atoms with Crippen molar-refractivity contribution < 1.29 is 23.7 Å². The SMILES string of the molecule is CCOc1ncc(C2(O)CCN(Cc3ccc(COC)o3)CC2)c(OCC)n1. The van der Waals surface area contributed by atoms with Gasteiger partial charge in [-0.25, -0.2) is 4.98 Å². The normalized spacial score (nSPS) is 16.9. The third-order valence-corrected chi connectivity index (χ3v) is 4.85. The van der Waals surface area contributed by atoms with Gasteiger partial charge in [0.25, 0.3) is 0 Å². The largest absolute Gasteiger partial charge is 0.478 e. The molecule has 0 radical (unpaired) electrons. The molecule has 1 aliphatic heterocycles. The number of hydrogen-bond donors (Lipinski definition) is 1. The summed E-state index contributed by atoms with van der Waals surface area (Å²) in [6, 6.07) is 4.17. The van der Waals surface area contributed by atoms with Crippen molar-refractivity contribution >= 4 is 0 Å². The van der Waals surface area contributed by atoms with E-state index in [4.69, 9.17) is 18.6 Å². The van der Waals surface area contributed by atoms with Crippen LogP contribution in [0.4, 0.5) is 0 Å². The van der Waals surface area contributed by atoms with Crippen LogP contribution in [0.1, 0.15) is 43.8 Å². The van der Waals surface area contributed by atoms with Crippen molar-refractivity contribution in [3.05, 3.63) is 35.4 Å². The summed E-state index contributed by atoms with van der Waals surface area (Å²) in [4.78, 5) is 10.8. The zero-order valence-electron chi connectivity index (χ0n) is 16.8. The summed E-state index contributed by atoms with van der Waals surface area (Å²) in [6.07, 6.45) is 2.76. The number of rotatable bonds is 9. The fraction of sp³-hybridized carbons (Fsp3) is 0.600. The molecule has 0 unspecified atom stereocenters. The monoisotopic (exact) mass is 391 g/mol. The number of nitrogens with zero attached hydrogens (tertiary/aromatic N) is 3. The summed E-state index contributed by atoms with van der Waals surface area (Å²) in [6.45, 7) is 7.34. The van der Waals surface area contributed by atoms with E-state index in [1.165, 1.54) is 0 Å². The number of hydrogen-bond acceptors (Lipinski definition) is 8. The Hall–Kier alpha value is -2.16. The summed E-state index contributed by atoms with van der Waals surface area (Å²) in [5.41, 5.74) is -0.395. The van der Waals surface area contributed by atoms with Crippen LogP contribution >= 0.6 is 0 Å². The topological polar surface area (TPSA) is 90.1 Å². The molecule has 3 heterocycles. The summed E-state index contributed by atoms with van der Waals surface area (Å²) < 4.78 is 21.9. The van der Waals surface area contributed by atoms with E-state index in [0.717, 1.165) is 24.6 Å². The van der Waals surface area contributed by atoms with Crippen LogP contribution in [0.3, 0.4) is 0 Å². The molecule has 0 aliphatic carbocycles. The molecule has 1 N–H and O–H groups in total. The molecular formula is C20H29N3O5. The number of aromatic nitrogens is 2. The zero-order valence-corrected chi connectivity index (χ0v) is 16.8. The lowest BCUT2D eigenvalue weighted by atomic mass is 9.85. The highest BCUT2D eigenvalue weighted by molar-refractivity contribution is 5.32. The molecule has 3 rings (SSSR count). The number of likely N-dealkylation sites (tertiary alicyclic amines) is 1. The first kappa shape index (κ1) is 20.6. The van der Waals surface area contributed by atoms with Gasteiger partial charge in [-0.15, -0.1) is 0 Å². The lowest BCUT2D eigenvalue weighted by Gasteiger charge is -2.38. The number of furan rings is 1. The highest BCUT2D eigenvalue weighted by Crippen LogP contribution is 2.38. The predicted molar refractivity (Wildman–Crippen MR) is 102 cm³/mol. The molecule has 1 saturated heterocycles. The van der Waals surface area contributed by atoms with Gasteiger partial charge in [-0.2, -0.15) is 4.98 Å². The van der Waals surface area contributed by atoms with Gasteiger partial charge in [0.1, 0.15) is 18.1 Å².